The fourth-order valence-corrected chi connectivity index (χ4v) is 0.784. The van der Waals surface area contributed by atoms with Crippen LogP contribution < -0.4 is 0 Å². The highest BCUT2D eigenvalue weighted by atomic mass is 16.6. The lowest BCUT2D eigenvalue weighted by Gasteiger charge is -1.92. The van der Waals surface area contributed by atoms with Crippen molar-refractivity contribution in [2.45, 2.75) is 18.6 Å². The predicted octanol–water partition coefficient (Wildman–Crippen LogP) is 0.937. The van der Waals surface area contributed by atoms with E-state index in [1.165, 1.54) is 6.26 Å². The third-order valence-corrected chi connectivity index (χ3v) is 1.39. The molecule has 0 radical (unpaired) electrons. The van der Waals surface area contributed by atoms with E-state index in [1.54, 1.807) is 0 Å². The molecule has 0 aromatic heterocycles. The summed E-state index contributed by atoms with van der Waals surface area (Å²) >= 11 is 0. The van der Waals surface area contributed by atoms with Crippen LogP contribution in [0.1, 0.15) is 6.42 Å². The van der Waals surface area contributed by atoms with Gasteiger partial charge in [0.1, 0.15) is 12.7 Å². The van der Waals surface area contributed by atoms with Crippen LogP contribution in [-0.2, 0) is 9.47 Å². The molecule has 0 aromatic carbocycles. The summed E-state index contributed by atoms with van der Waals surface area (Å²) in [6, 6.07) is 0. The van der Waals surface area contributed by atoms with Crippen LogP contribution in [0.4, 0.5) is 0 Å². The molecule has 1 rings (SSSR count). The van der Waals surface area contributed by atoms with E-state index < -0.39 is 0 Å². The molecule has 0 aliphatic carbocycles. The van der Waals surface area contributed by atoms with Gasteiger partial charge in [-0.15, -0.1) is 12.3 Å². The second-order valence-electron chi connectivity index (χ2n) is 2.12. The van der Waals surface area contributed by atoms with Gasteiger partial charge in [0.25, 0.3) is 0 Å². The van der Waals surface area contributed by atoms with Crippen LogP contribution in [0.15, 0.2) is 12.8 Å². The van der Waals surface area contributed by atoms with Crippen LogP contribution >= 0.6 is 0 Å². The maximum atomic E-state index is 5.14. The molecule has 2 unspecified atom stereocenters. The van der Waals surface area contributed by atoms with Crippen LogP contribution in [-0.4, -0.2) is 18.8 Å². The monoisotopic (exact) mass is 138 g/mol. The smallest absolute Gasteiger partial charge is 0.119 e. The van der Waals surface area contributed by atoms with Gasteiger partial charge < -0.3 is 9.47 Å². The Labute approximate surface area is 60.8 Å². The number of hydrogen-bond donors (Lipinski definition) is 0. The van der Waals surface area contributed by atoms with Gasteiger partial charge >= 0.3 is 0 Å². The molecule has 0 spiro atoms. The van der Waals surface area contributed by atoms with Crippen molar-refractivity contribution in [1.29, 1.82) is 0 Å². The lowest BCUT2D eigenvalue weighted by molar-refractivity contribution is 0.212. The Hall–Kier alpha value is -0.940. The summed E-state index contributed by atoms with van der Waals surface area (Å²) in [6.07, 6.45) is 7.60. The number of ether oxygens (including phenoxy) is 2. The maximum absolute atomic E-state index is 5.14. The summed E-state index contributed by atoms with van der Waals surface area (Å²) in [5.74, 6) is 2.53. The molecule has 1 fully saturated rings. The number of hydrogen-bond acceptors (Lipinski definition) is 2. The van der Waals surface area contributed by atoms with Gasteiger partial charge in [0, 0.05) is 6.42 Å². The molecule has 1 aliphatic heterocycles. The van der Waals surface area contributed by atoms with E-state index in [0.29, 0.717) is 13.0 Å². The zero-order valence-electron chi connectivity index (χ0n) is 5.75. The third kappa shape index (κ3) is 1.78. The van der Waals surface area contributed by atoms with Crippen LogP contribution in [0.25, 0.3) is 0 Å². The molecule has 1 heterocycles. The Morgan fingerprint density at radius 3 is 3.10 bits per heavy atom. The SMILES string of the molecule is C#CCC1OC1COC=C. The molecule has 54 valence electrons. The molecule has 0 N–H and O–H groups in total. The zero-order valence-corrected chi connectivity index (χ0v) is 5.75. The largest absolute Gasteiger partial charge is 0.499 e. The van der Waals surface area contributed by atoms with Crippen molar-refractivity contribution in [1.82, 2.24) is 0 Å². The molecule has 0 bridgehead atoms. The summed E-state index contributed by atoms with van der Waals surface area (Å²) in [6.45, 7) is 3.99. The highest BCUT2D eigenvalue weighted by molar-refractivity contribution is 4.97. The maximum Gasteiger partial charge on any atom is 0.119 e. The molecular formula is C8H10O2. The fraction of sp³-hybridized carbons (Fsp3) is 0.500. The van der Waals surface area contributed by atoms with Gasteiger partial charge in [-0.25, -0.2) is 0 Å². The van der Waals surface area contributed by atoms with Crippen molar-refractivity contribution in [3.8, 4) is 12.3 Å². The molecule has 0 saturated carbocycles. The van der Waals surface area contributed by atoms with E-state index in [9.17, 15) is 0 Å². The Balaban J connectivity index is 2.03. The minimum atomic E-state index is 0.203. The van der Waals surface area contributed by atoms with Gasteiger partial charge in [0.15, 0.2) is 0 Å². The first-order valence-electron chi connectivity index (χ1n) is 3.20. The number of rotatable bonds is 4. The lowest BCUT2D eigenvalue weighted by Crippen LogP contribution is -2.00. The van der Waals surface area contributed by atoms with Gasteiger partial charge in [-0.05, 0) is 0 Å². The third-order valence-electron chi connectivity index (χ3n) is 1.39. The van der Waals surface area contributed by atoms with E-state index in [-0.39, 0.29) is 12.2 Å². The van der Waals surface area contributed by atoms with Crippen LogP contribution in [0.2, 0.25) is 0 Å². The van der Waals surface area contributed by atoms with E-state index >= 15 is 0 Å². The van der Waals surface area contributed by atoms with Crippen molar-refractivity contribution >= 4 is 0 Å². The first-order valence-corrected chi connectivity index (χ1v) is 3.20. The van der Waals surface area contributed by atoms with Gasteiger partial charge in [0.2, 0.25) is 0 Å². The molecule has 2 heteroatoms. The minimum absolute atomic E-state index is 0.203. The molecule has 10 heavy (non-hydrogen) atoms. The number of epoxide rings is 1. The van der Waals surface area contributed by atoms with Crippen LogP contribution in [0.3, 0.4) is 0 Å². The summed E-state index contributed by atoms with van der Waals surface area (Å²) in [4.78, 5) is 0. The van der Waals surface area contributed by atoms with Gasteiger partial charge in [-0.3, -0.25) is 0 Å². The van der Waals surface area contributed by atoms with Crippen molar-refractivity contribution in [3.63, 3.8) is 0 Å². The summed E-state index contributed by atoms with van der Waals surface area (Å²) in [7, 11) is 0. The van der Waals surface area contributed by atoms with Gasteiger partial charge in [-0.1, -0.05) is 6.58 Å². The standard InChI is InChI=1S/C8H10O2/c1-3-5-7-8(10-7)6-9-4-2/h1,4,7-8H,2,5-6H2. The predicted molar refractivity (Wildman–Crippen MR) is 38.3 cm³/mol. The topological polar surface area (TPSA) is 21.8 Å². The Kier molecular flexibility index (Phi) is 2.35. The molecule has 1 saturated heterocycles. The average molecular weight is 138 g/mol. The lowest BCUT2D eigenvalue weighted by atomic mass is 10.2. The van der Waals surface area contributed by atoms with Crippen molar-refractivity contribution < 1.29 is 9.47 Å². The summed E-state index contributed by atoms with van der Waals surface area (Å²) in [5.41, 5.74) is 0. The second kappa shape index (κ2) is 3.28. The molecule has 1 aliphatic rings. The molecule has 0 amide bonds. The Morgan fingerprint density at radius 1 is 1.70 bits per heavy atom. The molecular weight excluding hydrogens is 128 g/mol. The summed E-state index contributed by atoms with van der Waals surface area (Å²) < 4.78 is 10.0. The quantitative estimate of drug-likeness (QED) is 0.327. The van der Waals surface area contributed by atoms with Crippen LogP contribution in [0, 0.1) is 12.3 Å². The number of terminal acetylenes is 1. The highest BCUT2D eigenvalue weighted by Gasteiger charge is 2.38. The summed E-state index contributed by atoms with van der Waals surface area (Å²) in [5, 5.41) is 0. The Bertz CT molecular complexity index is 157. The van der Waals surface area contributed by atoms with E-state index in [2.05, 4.69) is 12.5 Å². The van der Waals surface area contributed by atoms with Crippen molar-refractivity contribution in [3.05, 3.63) is 12.8 Å². The van der Waals surface area contributed by atoms with Crippen molar-refractivity contribution in [2.24, 2.45) is 0 Å². The average Bonchev–Trinajstić information content (AvgIpc) is 2.65. The molecule has 2 nitrogen and oxygen atoms in total. The van der Waals surface area contributed by atoms with Crippen molar-refractivity contribution in [2.75, 3.05) is 6.61 Å². The normalized spacial score (nSPS) is 28.7. The molecule has 2 atom stereocenters. The minimum Gasteiger partial charge on any atom is -0.499 e. The molecule has 0 aromatic rings. The van der Waals surface area contributed by atoms with Gasteiger partial charge in [0.05, 0.1) is 12.4 Å². The second-order valence-corrected chi connectivity index (χ2v) is 2.12. The zero-order chi connectivity index (χ0) is 7.40. The van der Waals surface area contributed by atoms with Crippen LogP contribution in [0.5, 0.6) is 0 Å². The van der Waals surface area contributed by atoms with Gasteiger partial charge in [-0.2, -0.15) is 0 Å². The Morgan fingerprint density at radius 2 is 2.50 bits per heavy atom. The highest BCUT2D eigenvalue weighted by Crippen LogP contribution is 2.24. The van der Waals surface area contributed by atoms with E-state index in [1.807, 2.05) is 0 Å². The first-order chi connectivity index (χ1) is 4.88. The van der Waals surface area contributed by atoms with E-state index in [4.69, 9.17) is 15.9 Å². The fourth-order valence-electron chi connectivity index (χ4n) is 0.784. The first kappa shape index (κ1) is 7.17. The van der Waals surface area contributed by atoms with E-state index in [0.717, 1.165) is 0 Å².